The van der Waals surface area contributed by atoms with Crippen molar-refractivity contribution < 1.29 is 53.5 Å². The van der Waals surface area contributed by atoms with Crippen LogP contribution in [0.15, 0.2) is 0 Å². The molecule has 2 fully saturated rings. The lowest BCUT2D eigenvalue weighted by Crippen LogP contribution is -2.67. The molecule has 22 heavy (non-hydrogen) atoms. The highest BCUT2D eigenvalue weighted by molar-refractivity contribution is 6.02. The van der Waals surface area contributed by atoms with Gasteiger partial charge in [0.2, 0.25) is 11.9 Å². The van der Waals surface area contributed by atoms with Crippen LogP contribution in [0.5, 0.6) is 0 Å². The summed E-state index contributed by atoms with van der Waals surface area (Å²) in [5, 5.41) is 27.0. The highest BCUT2D eigenvalue weighted by atomic mass is 16.8. The molecule has 122 valence electrons. The van der Waals surface area contributed by atoms with Crippen LogP contribution in [-0.2, 0) is 38.2 Å². The van der Waals surface area contributed by atoms with Gasteiger partial charge in [-0.3, -0.25) is 0 Å². The maximum absolute atomic E-state index is 11.2. The van der Waals surface area contributed by atoms with E-state index in [2.05, 4.69) is 0 Å². The van der Waals surface area contributed by atoms with E-state index in [1.165, 1.54) is 0 Å². The molecule has 2 saturated heterocycles. The normalized spacial score (nSPS) is 29.0. The van der Waals surface area contributed by atoms with Crippen molar-refractivity contribution in [2.45, 2.75) is 30.3 Å². The van der Waals surface area contributed by atoms with Crippen molar-refractivity contribution in [1.82, 2.24) is 0 Å². The average Bonchev–Trinajstić information content (AvgIpc) is 2.88. The number of carboxylic acid groups (broad SMARTS) is 3. The monoisotopic (exact) mass is 320 g/mol. The molecule has 0 aromatic heterocycles. The van der Waals surface area contributed by atoms with Gasteiger partial charge in [0.25, 0.3) is 5.60 Å². The number of hydrogen-bond donors (Lipinski definition) is 3. The maximum atomic E-state index is 11.2. The second-order valence-corrected chi connectivity index (χ2v) is 4.41. The van der Waals surface area contributed by atoms with Crippen LogP contribution in [0.1, 0.15) is 12.8 Å². The molecule has 11 heteroatoms. The van der Waals surface area contributed by atoms with Crippen molar-refractivity contribution in [3.63, 3.8) is 0 Å². The van der Waals surface area contributed by atoms with Gasteiger partial charge in [0.05, 0.1) is 6.61 Å². The molecule has 0 bridgehead atoms. The van der Waals surface area contributed by atoms with Gasteiger partial charge in [0.15, 0.2) is 0 Å². The van der Waals surface area contributed by atoms with Crippen LogP contribution in [0.2, 0.25) is 0 Å². The van der Waals surface area contributed by atoms with Crippen molar-refractivity contribution in [3.8, 4) is 0 Å². The fourth-order valence-electron chi connectivity index (χ4n) is 2.14. The van der Waals surface area contributed by atoms with Crippen LogP contribution >= 0.6 is 0 Å². The Morgan fingerprint density at radius 1 is 1.05 bits per heavy atom. The Kier molecular flexibility index (Phi) is 5.33. The highest BCUT2D eigenvalue weighted by Gasteiger charge is 2.63. The zero-order valence-electron chi connectivity index (χ0n) is 11.0. The summed E-state index contributed by atoms with van der Waals surface area (Å²) < 4.78 is 15.2. The molecule has 11 nitrogen and oxygen atoms in total. The second-order valence-electron chi connectivity index (χ2n) is 4.41. The van der Waals surface area contributed by atoms with Gasteiger partial charge in [0.1, 0.15) is 6.61 Å². The van der Waals surface area contributed by atoms with Crippen molar-refractivity contribution in [2.24, 2.45) is 0 Å². The molecule has 0 radical (unpaired) electrons. The molecule has 2 rings (SSSR count). The molecule has 3 N–H and O–H groups in total. The Hall–Kier alpha value is -2.33. The minimum Gasteiger partial charge on any atom is -0.479 e. The standard InChI is InChI=1S/C10H12O9.CO2/c11-6(12)5-10(2-1-3-17-10)18-4-9(19-5,7(13)14)8(15)16;2-1-3/h5H,1-4H2,(H,11,12)(H,13,14)(H,15,16);/t5?,10-;/m0./s1. The number of aliphatic carboxylic acids is 3. The largest absolute Gasteiger partial charge is 0.479 e. The van der Waals surface area contributed by atoms with E-state index in [0.29, 0.717) is 6.42 Å². The molecule has 2 heterocycles. The lowest BCUT2D eigenvalue weighted by Gasteiger charge is -2.43. The predicted octanol–water partition coefficient (Wildman–Crippen LogP) is -1.68. The van der Waals surface area contributed by atoms with Gasteiger partial charge in [-0.1, -0.05) is 0 Å². The molecule has 0 amide bonds. The fraction of sp³-hybridized carbons (Fsp3) is 0.636. The minimum absolute atomic E-state index is 0.194. The SMILES string of the molecule is O=C(O)C1OC(C(=O)O)(C(=O)O)CO[C@@]12CCCO2.O=C=O. The first-order valence-electron chi connectivity index (χ1n) is 5.90. The number of ether oxygens (including phenoxy) is 3. The first-order valence-corrected chi connectivity index (χ1v) is 5.90. The first kappa shape index (κ1) is 17.7. The summed E-state index contributed by atoms with van der Waals surface area (Å²) >= 11 is 0. The van der Waals surface area contributed by atoms with Crippen molar-refractivity contribution in [3.05, 3.63) is 0 Å². The van der Waals surface area contributed by atoms with Crippen LogP contribution in [0, 0.1) is 0 Å². The first-order chi connectivity index (χ1) is 10.3. The van der Waals surface area contributed by atoms with Gasteiger partial charge in [-0.05, 0) is 6.42 Å². The minimum atomic E-state index is -2.74. The molecule has 2 aliphatic heterocycles. The van der Waals surface area contributed by atoms with Crippen LogP contribution < -0.4 is 0 Å². The van der Waals surface area contributed by atoms with Crippen LogP contribution in [0.4, 0.5) is 0 Å². The molecule has 0 aromatic carbocycles. The lowest BCUT2D eigenvalue weighted by atomic mass is 9.98. The summed E-state index contributed by atoms with van der Waals surface area (Å²) in [7, 11) is 0. The van der Waals surface area contributed by atoms with Crippen LogP contribution in [-0.4, -0.2) is 70.1 Å². The molecule has 0 saturated carbocycles. The molecule has 1 spiro atoms. The van der Waals surface area contributed by atoms with E-state index in [9.17, 15) is 14.4 Å². The summed E-state index contributed by atoms with van der Waals surface area (Å²) in [4.78, 5) is 49.6. The Bertz CT molecular complexity index is 484. The zero-order chi connectivity index (χ0) is 17.0. The Balaban J connectivity index is 0.000000745. The topological polar surface area (TPSA) is 174 Å². The van der Waals surface area contributed by atoms with Gasteiger partial charge in [-0.25, -0.2) is 14.4 Å². The summed E-state index contributed by atoms with van der Waals surface area (Å²) in [5.41, 5.74) is -2.74. The predicted molar refractivity (Wildman–Crippen MR) is 59.4 cm³/mol. The summed E-state index contributed by atoms with van der Waals surface area (Å²) in [5.74, 6) is -6.79. The summed E-state index contributed by atoms with van der Waals surface area (Å²) in [6.07, 6.45) is -0.851. The quantitative estimate of drug-likeness (QED) is 0.506. The van der Waals surface area contributed by atoms with E-state index in [4.69, 9.17) is 39.1 Å². The van der Waals surface area contributed by atoms with Gasteiger partial charge >= 0.3 is 24.1 Å². The van der Waals surface area contributed by atoms with Gasteiger partial charge < -0.3 is 29.5 Å². The van der Waals surface area contributed by atoms with E-state index >= 15 is 0 Å². The fourth-order valence-corrected chi connectivity index (χ4v) is 2.14. The Labute approximate surface area is 122 Å². The van der Waals surface area contributed by atoms with Gasteiger partial charge in [0, 0.05) is 6.42 Å². The molecule has 2 aliphatic rings. The average molecular weight is 320 g/mol. The van der Waals surface area contributed by atoms with Gasteiger partial charge in [-0.15, -0.1) is 0 Å². The smallest absolute Gasteiger partial charge is 0.373 e. The number of carbonyl (C=O) groups is 3. The summed E-state index contributed by atoms with van der Waals surface area (Å²) in [6.45, 7) is -0.582. The number of carbonyl (C=O) groups excluding carboxylic acids is 2. The molecule has 0 aromatic rings. The zero-order valence-corrected chi connectivity index (χ0v) is 11.0. The maximum Gasteiger partial charge on any atom is 0.373 e. The van der Waals surface area contributed by atoms with E-state index < -0.39 is 42.0 Å². The number of carboxylic acids is 3. The van der Waals surface area contributed by atoms with Crippen LogP contribution in [0.3, 0.4) is 0 Å². The van der Waals surface area contributed by atoms with E-state index in [0.717, 1.165) is 0 Å². The number of hydrogen-bond acceptors (Lipinski definition) is 8. The van der Waals surface area contributed by atoms with Crippen molar-refractivity contribution in [2.75, 3.05) is 13.2 Å². The third-order valence-corrected chi connectivity index (χ3v) is 3.17. The molecule has 0 aliphatic carbocycles. The van der Waals surface area contributed by atoms with E-state index in [1.54, 1.807) is 0 Å². The third-order valence-electron chi connectivity index (χ3n) is 3.17. The Morgan fingerprint density at radius 3 is 1.95 bits per heavy atom. The van der Waals surface area contributed by atoms with Gasteiger partial charge in [-0.2, -0.15) is 9.59 Å². The molecular formula is C11H12O11. The van der Waals surface area contributed by atoms with E-state index in [-0.39, 0.29) is 19.2 Å². The van der Waals surface area contributed by atoms with Crippen LogP contribution in [0.25, 0.3) is 0 Å². The molecule has 1 unspecified atom stereocenters. The second kappa shape index (κ2) is 6.62. The van der Waals surface area contributed by atoms with E-state index in [1.807, 2.05) is 0 Å². The molecular weight excluding hydrogens is 308 g/mol. The van der Waals surface area contributed by atoms with Crippen molar-refractivity contribution >= 4 is 24.1 Å². The summed E-state index contributed by atoms with van der Waals surface area (Å²) in [6, 6.07) is 0. The lowest BCUT2D eigenvalue weighted by molar-refractivity contribution is -0.334. The third kappa shape index (κ3) is 2.97. The number of rotatable bonds is 3. The Morgan fingerprint density at radius 2 is 1.59 bits per heavy atom. The van der Waals surface area contributed by atoms with Crippen molar-refractivity contribution in [1.29, 1.82) is 0 Å². The molecule has 2 atom stereocenters. The highest BCUT2D eigenvalue weighted by Crippen LogP contribution is 2.39.